The molecule has 1 rings (SSSR count). The summed E-state index contributed by atoms with van der Waals surface area (Å²) in [5.74, 6) is 1.55. The Morgan fingerprint density at radius 3 is 2.38 bits per heavy atom. The lowest BCUT2D eigenvalue weighted by molar-refractivity contribution is -0.132. The van der Waals surface area contributed by atoms with Gasteiger partial charge in [-0.15, -0.1) is 0 Å². The molecule has 76 valence electrons. The van der Waals surface area contributed by atoms with Crippen LogP contribution in [-0.2, 0) is 4.79 Å². The smallest absolute Gasteiger partial charge is 0.236 e. The van der Waals surface area contributed by atoms with Crippen molar-refractivity contribution in [1.82, 2.24) is 10.2 Å². The Morgan fingerprint density at radius 1 is 1.38 bits per heavy atom. The van der Waals surface area contributed by atoms with Crippen LogP contribution in [0.1, 0.15) is 20.3 Å². The first kappa shape index (κ1) is 10.5. The molecule has 0 radical (unpaired) electrons. The monoisotopic (exact) mass is 184 g/mol. The molecule has 0 aromatic carbocycles. The normalized spacial score (nSPS) is 29.0. The van der Waals surface area contributed by atoms with Crippen LogP contribution >= 0.6 is 0 Å². The van der Waals surface area contributed by atoms with Crippen LogP contribution in [0, 0.1) is 11.8 Å². The van der Waals surface area contributed by atoms with Crippen LogP contribution in [0.2, 0.25) is 0 Å². The van der Waals surface area contributed by atoms with Crippen LogP contribution in [-0.4, -0.2) is 37.5 Å². The summed E-state index contributed by atoms with van der Waals surface area (Å²) in [4.78, 5) is 13.5. The molecule has 0 aromatic heterocycles. The quantitative estimate of drug-likeness (QED) is 0.685. The predicted octanol–water partition coefficient (Wildman–Crippen LogP) is 0.710. The first-order valence-electron chi connectivity index (χ1n) is 5.05. The van der Waals surface area contributed by atoms with Gasteiger partial charge in [0.2, 0.25) is 5.91 Å². The summed E-state index contributed by atoms with van der Waals surface area (Å²) in [5.41, 5.74) is 0. The van der Waals surface area contributed by atoms with Crippen LogP contribution in [0.25, 0.3) is 0 Å². The van der Waals surface area contributed by atoms with E-state index in [0.717, 1.165) is 13.1 Å². The molecule has 3 heteroatoms. The van der Waals surface area contributed by atoms with Crippen molar-refractivity contribution in [1.29, 1.82) is 0 Å². The second kappa shape index (κ2) is 4.61. The predicted molar refractivity (Wildman–Crippen MR) is 53.5 cm³/mol. The van der Waals surface area contributed by atoms with Gasteiger partial charge in [0.05, 0.1) is 6.54 Å². The van der Waals surface area contributed by atoms with Gasteiger partial charge >= 0.3 is 0 Å². The largest absolute Gasteiger partial charge is 0.341 e. The summed E-state index contributed by atoms with van der Waals surface area (Å²) in [6, 6.07) is 0. The Morgan fingerprint density at radius 2 is 1.92 bits per heavy atom. The van der Waals surface area contributed by atoms with Gasteiger partial charge in [-0.1, -0.05) is 13.8 Å². The van der Waals surface area contributed by atoms with Crippen molar-refractivity contribution >= 4 is 5.91 Å². The third-order valence-electron chi connectivity index (χ3n) is 2.55. The molecule has 0 aromatic rings. The Balaban J connectivity index is 2.45. The van der Waals surface area contributed by atoms with Crippen LogP contribution in [0.4, 0.5) is 0 Å². The second-order valence-electron chi connectivity index (χ2n) is 4.28. The Bertz CT molecular complexity index is 172. The summed E-state index contributed by atoms with van der Waals surface area (Å²) < 4.78 is 0. The number of likely N-dealkylation sites (tertiary alicyclic amines) is 1. The van der Waals surface area contributed by atoms with Gasteiger partial charge in [-0.25, -0.2) is 0 Å². The van der Waals surface area contributed by atoms with Crippen molar-refractivity contribution in [3.63, 3.8) is 0 Å². The van der Waals surface area contributed by atoms with Crippen molar-refractivity contribution in [2.45, 2.75) is 20.3 Å². The molecule has 1 aliphatic heterocycles. The zero-order valence-corrected chi connectivity index (χ0v) is 8.84. The standard InChI is InChI=1S/C10H20N2O/c1-8-4-9(2)7-12(6-8)10(13)5-11-3/h8-9,11H,4-7H2,1-3H3. The number of nitrogens with zero attached hydrogens (tertiary/aromatic N) is 1. The average molecular weight is 184 g/mol. The summed E-state index contributed by atoms with van der Waals surface area (Å²) >= 11 is 0. The minimum absolute atomic E-state index is 0.237. The van der Waals surface area contributed by atoms with Crippen LogP contribution in [0.5, 0.6) is 0 Å². The van der Waals surface area contributed by atoms with E-state index < -0.39 is 0 Å². The minimum Gasteiger partial charge on any atom is -0.341 e. The molecular weight excluding hydrogens is 164 g/mol. The zero-order valence-electron chi connectivity index (χ0n) is 8.84. The van der Waals surface area contributed by atoms with Gasteiger partial charge in [0.25, 0.3) is 0 Å². The SMILES string of the molecule is CNCC(=O)N1CC(C)CC(C)C1. The lowest BCUT2D eigenvalue weighted by Crippen LogP contribution is -2.45. The van der Waals surface area contributed by atoms with Gasteiger partial charge < -0.3 is 10.2 Å². The number of hydrogen-bond acceptors (Lipinski definition) is 2. The van der Waals surface area contributed by atoms with E-state index in [1.807, 2.05) is 11.9 Å². The van der Waals surface area contributed by atoms with Gasteiger partial charge in [-0.3, -0.25) is 4.79 Å². The summed E-state index contributed by atoms with van der Waals surface area (Å²) in [6.07, 6.45) is 1.25. The van der Waals surface area contributed by atoms with E-state index in [-0.39, 0.29) is 5.91 Å². The highest BCUT2D eigenvalue weighted by Gasteiger charge is 2.24. The molecule has 0 aliphatic carbocycles. The van der Waals surface area contributed by atoms with Crippen molar-refractivity contribution in [2.24, 2.45) is 11.8 Å². The van der Waals surface area contributed by atoms with E-state index in [2.05, 4.69) is 19.2 Å². The molecule has 2 unspecified atom stereocenters. The third-order valence-corrected chi connectivity index (χ3v) is 2.55. The fraction of sp³-hybridized carbons (Fsp3) is 0.900. The Labute approximate surface area is 80.5 Å². The first-order valence-corrected chi connectivity index (χ1v) is 5.05. The van der Waals surface area contributed by atoms with Crippen molar-refractivity contribution in [2.75, 3.05) is 26.7 Å². The number of likely N-dealkylation sites (N-methyl/N-ethyl adjacent to an activating group) is 1. The molecule has 1 saturated heterocycles. The van der Waals surface area contributed by atoms with Crippen molar-refractivity contribution < 1.29 is 4.79 Å². The molecule has 0 saturated carbocycles. The van der Waals surface area contributed by atoms with Gasteiger partial charge in [-0.2, -0.15) is 0 Å². The molecular formula is C10H20N2O. The number of carbonyl (C=O) groups is 1. The molecule has 0 bridgehead atoms. The second-order valence-corrected chi connectivity index (χ2v) is 4.28. The topological polar surface area (TPSA) is 32.3 Å². The van der Waals surface area contributed by atoms with Crippen LogP contribution in [0.3, 0.4) is 0 Å². The van der Waals surface area contributed by atoms with Crippen LogP contribution in [0.15, 0.2) is 0 Å². The molecule has 0 spiro atoms. The molecule has 1 aliphatic rings. The molecule has 3 nitrogen and oxygen atoms in total. The van der Waals surface area contributed by atoms with E-state index in [1.54, 1.807) is 0 Å². The molecule has 1 amide bonds. The first-order chi connectivity index (χ1) is 6.13. The summed E-state index contributed by atoms with van der Waals surface area (Å²) in [7, 11) is 1.81. The maximum absolute atomic E-state index is 11.6. The highest BCUT2D eigenvalue weighted by Crippen LogP contribution is 2.20. The number of rotatable bonds is 2. The number of amides is 1. The highest BCUT2D eigenvalue weighted by atomic mass is 16.2. The molecule has 1 fully saturated rings. The van der Waals surface area contributed by atoms with Gasteiger partial charge in [0.15, 0.2) is 0 Å². The average Bonchev–Trinajstić information content (AvgIpc) is 2.03. The summed E-state index contributed by atoms with van der Waals surface area (Å²) in [5, 5.41) is 2.90. The van der Waals surface area contributed by atoms with Gasteiger partial charge in [-0.05, 0) is 25.3 Å². The van der Waals surface area contributed by atoms with Crippen molar-refractivity contribution in [3.8, 4) is 0 Å². The highest BCUT2D eigenvalue weighted by molar-refractivity contribution is 5.78. The van der Waals surface area contributed by atoms with E-state index in [1.165, 1.54) is 6.42 Å². The van der Waals surface area contributed by atoms with Gasteiger partial charge in [0.1, 0.15) is 0 Å². The lowest BCUT2D eigenvalue weighted by atomic mass is 9.92. The van der Waals surface area contributed by atoms with E-state index in [0.29, 0.717) is 18.4 Å². The van der Waals surface area contributed by atoms with Gasteiger partial charge in [0, 0.05) is 13.1 Å². The number of carbonyl (C=O) groups excluding carboxylic acids is 1. The van der Waals surface area contributed by atoms with E-state index in [4.69, 9.17) is 0 Å². The fourth-order valence-electron chi connectivity index (χ4n) is 2.13. The molecule has 1 heterocycles. The van der Waals surface area contributed by atoms with E-state index >= 15 is 0 Å². The van der Waals surface area contributed by atoms with E-state index in [9.17, 15) is 4.79 Å². The number of nitrogens with one attached hydrogen (secondary N) is 1. The third kappa shape index (κ3) is 2.99. The maximum atomic E-state index is 11.6. The Hall–Kier alpha value is -0.570. The van der Waals surface area contributed by atoms with Crippen molar-refractivity contribution in [3.05, 3.63) is 0 Å². The molecule has 2 atom stereocenters. The zero-order chi connectivity index (χ0) is 9.84. The molecule has 13 heavy (non-hydrogen) atoms. The maximum Gasteiger partial charge on any atom is 0.236 e. The Kier molecular flexibility index (Phi) is 3.72. The molecule has 1 N–H and O–H groups in total. The number of piperidine rings is 1. The minimum atomic E-state index is 0.237. The summed E-state index contributed by atoms with van der Waals surface area (Å²) in [6.45, 7) is 6.78. The fourth-order valence-corrected chi connectivity index (χ4v) is 2.13. The lowest BCUT2D eigenvalue weighted by Gasteiger charge is -2.35. The van der Waals surface area contributed by atoms with Crippen LogP contribution < -0.4 is 5.32 Å². The number of hydrogen-bond donors (Lipinski definition) is 1.